The van der Waals surface area contributed by atoms with Gasteiger partial charge in [0.1, 0.15) is 6.07 Å². The van der Waals surface area contributed by atoms with E-state index < -0.39 is 10.0 Å². The van der Waals surface area contributed by atoms with E-state index in [-0.39, 0.29) is 16.9 Å². The fourth-order valence-corrected chi connectivity index (χ4v) is 2.82. The molecule has 6 nitrogen and oxygen atoms in total. The second-order valence-corrected chi connectivity index (χ2v) is 5.41. The van der Waals surface area contributed by atoms with Crippen molar-refractivity contribution in [3.05, 3.63) is 17.9 Å². The van der Waals surface area contributed by atoms with Crippen molar-refractivity contribution in [2.75, 3.05) is 13.2 Å². The molecule has 1 unspecified atom stereocenters. The van der Waals surface area contributed by atoms with Crippen molar-refractivity contribution in [3.63, 3.8) is 0 Å². The van der Waals surface area contributed by atoms with Crippen molar-refractivity contribution in [2.45, 2.75) is 24.0 Å². The number of furan rings is 1. The van der Waals surface area contributed by atoms with Crippen LogP contribution >= 0.6 is 0 Å². The number of hydrogen-bond donors (Lipinski definition) is 1. The third kappa shape index (κ3) is 2.85. The van der Waals surface area contributed by atoms with Gasteiger partial charge in [0.25, 0.3) is 10.0 Å². The number of sulfonamides is 1. The van der Waals surface area contributed by atoms with Crippen LogP contribution in [-0.2, 0) is 14.8 Å². The van der Waals surface area contributed by atoms with Crippen LogP contribution in [0.5, 0.6) is 0 Å². The zero-order chi connectivity index (χ0) is 12.3. The van der Waals surface area contributed by atoms with Crippen LogP contribution in [0.15, 0.2) is 21.6 Å². The van der Waals surface area contributed by atoms with Crippen LogP contribution in [0.4, 0.5) is 0 Å². The molecule has 1 saturated heterocycles. The summed E-state index contributed by atoms with van der Waals surface area (Å²) in [7, 11) is -3.70. The summed E-state index contributed by atoms with van der Waals surface area (Å²) >= 11 is 0. The molecule has 2 heterocycles. The molecule has 1 aliphatic rings. The first-order chi connectivity index (χ1) is 8.12. The van der Waals surface area contributed by atoms with E-state index in [4.69, 9.17) is 14.4 Å². The minimum atomic E-state index is -3.70. The molecular weight excluding hydrogens is 244 g/mol. The molecule has 0 bridgehead atoms. The van der Waals surface area contributed by atoms with Gasteiger partial charge in [0.15, 0.2) is 0 Å². The Labute approximate surface area is 99.2 Å². The van der Waals surface area contributed by atoms with Gasteiger partial charge >= 0.3 is 0 Å². The highest BCUT2D eigenvalue weighted by Gasteiger charge is 2.24. The van der Waals surface area contributed by atoms with Crippen LogP contribution in [0.3, 0.4) is 0 Å². The Morgan fingerprint density at radius 3 is 2.88 bits per heavy atom. The topological polar surface area (TPSA) is 92.3 Å². The molecule has 1 aromatic heterocycles. The molecule has 0 saturated carbocycles. The largest absolute Gasteiger partial charge is 0.433 e. The number of ether oxygens (including phenoxy) is 1. The second-order valence-electron chi connectivity index (χ2n) is 3.77. The molecular formula is C10H12N2O4S. The highest BCUT2D eigenvalue weighted by atomic mass is 32.2. The summed E-state index contributed by atoms with van der Waals surface area (Å²) < 4.78 is 36.3. The van der Waals surface area contributed by atoms with Crippen molar-refractivity contribution in [2.24, 2.45) is 0 Å². The van der Waals surface area contributed by atoms with Gasteiger partial charge < -0.3 is 9.15 Å². The summed E-state index contributed by atoms with van der Waals surface area (Å²) in [6, 6.07) is 4.10. The SMILES string of the molecule is N#Cc1ccc(S(=O)(=O)NC2CCCOC2)o1. The van der Waals surface area contributed by atoms with Crippen LogP contribution in [-0.4, -0.2) is 27.7 Å². The maximum absolute atomic E-state index is 11.9. The molecule has 0 aromatic carbocycles. The first-order valence-corrected chi connectivity index (χ1v) is 6.70. The molecule has 2 rings (SSSR count). The molecule has 1 N–H and O–H groups in total. The van der Waals surface area contributed by atoms with E-state index in [1.54, 1.807) is 6.07 Å². The Hall–Kier alpha value is -1.36. The Bertz CT molecular complexity index is 523. The number of nitrogens with zero attached hydrogens (tertiary/aromatic N) is 1. The fraction of sp³-hybridized carbons (Fsp3) is 0.500. The predicted octanol–water partition coefficient (Wildman–Crippen LogP) is 0.609. The van der Waals surface area contributed by atoms with E-state index >= 15 is 0 Å². The lowest BCUT2D eigenvalue weighted by molar-refractivity contribution is 0.0773. The predicted molar refractivity (Wildman–Crippen MR) is 57.6 cm³/mol. The van der Waals surface area contributed by atoms with Gasteiger partial charge in [-0.2, -0.15) is 5.26 Å². The molecule has 0 amide bonds. The molecule has 92 valence electrons. The first kappa shape index (κ1) is 12.1. The first-order valence-electron chi connectivity index (χ1n) is 5.22. The van der Waals surface area contributed by atoms with Gasteiger partial charge in [-0.3, -0.25) is 0 Å². The Balaban J connectivity index is 2.10. The summed E-state index contributed by atoms with van der Waals surface area (Å²) in [5.41, 5.74) is 0. The summed E-state index contributed by atoms with van der Waals surface area (Å²) in [6.45, 7) is 1.03. The Morgan fingerprint density at radius 2 is 2.29 bits per heavy atom. The van der Waals surface area contributed by atoms with Crippen LogP contribution in [0.2, 0.25) is 0 Å². The molecule has 17 heavy (non-hydrogen) atoms. The summed E-state index contributed by atoms with van der Waals surface area (Å²) in [6.07, 6.45) is 1.57. The van der Waals surface area contributed by atoms with Gasteiger partial charge in [0.05, 0.1) is 6.61 Å². The third-order valence-electron chi connectivity index (χ3n) is 2.44. The Kier molecular flexibility index (Phi) is 3.47. The van der Waals surface area contributed by atoms with Crippen LogP contribution in [0.25, 0.3) is 0 Å². The van der Waals surface area contributed by atoms with E-state index in [1.807, 2.05) is 0 Å². The minimum absolute atomic E-state index is 0.0229. The molecule has 0 spiro atoms. The van der Waals surface area contributed by atoms with E-state index in [0.29, 0.717) is 13.2 Å². The van der Waals surface area contributed by atoms with Gasteiger partial charge in [0.2, 0.25) is 10.9 Å². The number of nitrogens with one attached hydrogen (secondary N) is 1. The van der Waals surface area contributed by atoms with E-state index in [2.05, 4.69) is 4.72 Å². The van der Waals surface area contributed by atoms with Crippen LogP contribution < -0.4 is 4.72 Å². The lowest BCUT2D eigenvalue weighted by Gasteiger charge is -2.22. The van der Waals surface area contributed by atoms with E-state index in [1.165, 1.54) is 12.1 Å². The zero-order valence-corrected chi connectivity index (χ0v) is 9.87. The van der Waals surface area contributed by atoms with Crippen molar-refractivity contribution in [1.29, 1.82) is 5.26 Å². The van der Waals surface area contributed by atoms with Gasteiger partial charge in [-0.15, -0.1) is 0 Å². The molecule has 1 aromatic rings. The van der Waals surface area contributed by atoms with Gasteiger partial charge in [-0.25, -0.2) is 13.1 Å². The van der Waals surface area contributed by atoms with Gasteiger partial charge in [-0.1, -0.05) is 0 Å². The lowest BCUT2D eigenvalue weighted by atomic mass is 10.1. The average Bonchev–Trinajstić information content (AvgIpc) is 2.79. The van der Waals surface area contributed by atoms with E-state index in [9.17, 15) is 8.42 Å². The van der Waals surface area contributed by atoms with Crippen molar-refractivity contribution in [1.82, 2.24) is 4.72 Å². The lowest BCUT2D eigenvalue weighted by Crippen LogP contribution is -2.40. The standard InChI is InChI=1S/C10H12N2O4S/c11-6-9-3-4-10(16-9)17(13,14)12-8-2-1-5-15-7-8/h3-4,8,12H,1-2,5,7H2. The van der Waals surface area contributed by atoms with Gasteiger partial charge in [-0.05, 0) is 25.0 Å². The van der Waals surface area contributed by atoms with Crippen molar-refractivity contribution >= 4 is 10.0 Å². The summed E-state index contributed by atoms with van der Waals surface area (Å²) in [4.78, 5) is 0. The summed E-state index contributed by atoms with van der Waals surface area (Å²) in [5.74, 6) is -0.0229. The van der Waals surface area contributed by atoms with Crippen LogP contribution in [0, 0.1) is 11.3 Å². The minimum Gasteiger partial charge on any atom is -0.433 e. The maximum atomic E-state index is 11.9. The highest BCUT2D eigenvalue weighted by molar-refractivity contribution is 7.89. The fourth-order valence-electron chi connectivity index (χ4n) is 1.64. The quantitative estimate of drug-likeness (QED) is 0.855. The smallest absolute Gasteiger partial charge is 0.274 e. The number of nitriles is 1. The van der Waals surface area contributed by atoms with Crippen LogP contribution in [0.1, 0.15) is 18.6 Å². The molecule has 0 aliphatic carbocycles. The maximum Gasteiger partial charge on any atom is 0.274 e. The number of hydrogen-bond acceptors (Lipinski definition) is 5. The van der Waals surface area contributed by atoms with Gasteiger partial charge in [0, 0.05) is 12.6 Å². The zero-order valence-electron chi connectivity index (χ0n) is 9.05. The molecule has 1 aliphatic heterocycles. The molecule has 1 fully saturated rings. The molecule has 0 radical (unpaired) electrons. The van der Waals surface area contributed by atoms with E-state index in [0.717, 1.165) is 12.8 Å². The molecule has 7 heteroatoms. The average molecular weight is 256 g/mol. The van der Waals surface area contributed by atoms with Crippen molar-refractivity contribution in [3.8, 4) is 6.07 Å². The monoisotopic (exact) mass is 256 g/mol. The summed E-state index contributed by atoms with van der Waals surface area (Å²) in [5, 5.41) is 8.32. The number of rotatable bonds is 3. The molecule has 1 atom stereocenters. The second kappa shape index (κ2) is 4.87. The van der Waals surface area contributed by atoms with Crippen molar-refractivity contribution < 1.29 is 17.6 Å². The third-order valence-corrected chi connectivity index (χ3v) is 3.83. The highest BCUT2D eigenvalue weighted by Crippen LogP contribution is 2.15. The normalized spacial score (nSPS) is 21.0. The Morgan fingerprint density at radius 1 is 1.47 bits per heavy atom.